The molecule has 2 aliphatic heterocycles. The summed E-state index contributed by atoms with van der Waals surface area (Å²) in [4.78, 5) is 2.52. The van der Waals surface area contributed by atoms with Crippen molar-refractivity contribution in [2.75, 3.05) is 26.8 Å². The lowest BCUT2D eigenvalue weighted by Crippen LogP contribution is -2.46. The summed E-state index contributed by atoms with van der Waals surface area (Å²) in [5, 5.41) is 9.52. The molecule has 6 heteroatoms. The summed E-state index contributed by atoms with van der Waals surface area (Å²) in [6.45, 7) is 5.42. The van der Waals surface area contributed by atoms with E-state index >= 15 is 0 Å². The number of likely N-dealkylation sites (tertiary alicyclic amines) is 1. The standard InChI is InChI=1S/C32H40N2O4/c1-22-30(19-34-17-5-7-28(34)21-36-2)37-32(38-31(22)25-11-9-23(20-35)10-12-25)26-15-13-24(14-16-26)29-8-4-3-6-27(29)18-33/h3-4,6,8-16,22,28,30-32,35H,5,7,17-21,33H2,1-2H3/t22-,28+,30+,31+,32+/m1/s1. The number of benzene rings is 3. The van der Waals surface area contributed by atoms with Gasteiger partial charge in [-0.3, -0.25) is 4.90 Å². The Morgan fingerprint density at radius 1 is 0.974 bits per heavy atom. The van der Waals surface area contributed by atoms with Crippen LogP contribution in [0.25, 0.3) is 11.1 Å². The van der Waals surface area contributed by atoms with Crippen molar-refractivity contribution in [3.63, 3.8) is 0 Å². The van der Waals surface area contributed by atoms with Gasteiger partial charge in [0.1, 0.15) is 0 Å². The smallest absolute Gasteiger partial charge is 0.184 e. The van der Waals surface area contributed by atoms with Crippen molar-refractivity contribution in [1.82, 2.24) is 4.90 Å². The molecule has 2 fully saturated rings. The summed E-state index contributed by atoms with van der Waals surface area (Å²) in [5.41, 5.74) is 12.4. The Morgan fingerprint density at radius 3 is 2.42 bits per heavy atom. The van der Waals surface area contributed by atoms with E-state index in [1.807, 2.05) is 24.3 Å². The van der Waals surface area contributed by atoms with E-state index in [4.69, 9.17) is 19.9 Å². The Hall–Kier alpha value is -2.58. The quantitative estimate of drug-likeness (QED) is 0.407. The topological polar surface area (TPSA) is 77.2 Å². The fraction of sp³-hybridized carbons (Fsp3) is 0.438. The molecule has 202 valence electrons. The van der Waals surface area contributed by atoms with Crippen molar-refractivity contribution in [1.29, 1.82) is 0 Å². The van der Waals surface area contributed by atoms with E-state index in [1.54, 1.807) is 7.11 Å². The second kappa shape index (κ2) is 12.5. The van der Waals surface area contributed by atoms with Crippen LogP contribution in [0.15, 0.2) is 72.8 Å². The third kappa shape index (κ3) is 5.86. The first-order valence-electron chi connectivity index (χ1n) is 13.7. The number of aliphatic hydroxyl groups excluding tert-OH is 1. The van der Waals surface area contributed by atoms with Crippen LogP contribution in [0, 0.1) is 5.92 Å². The molecule has 0 aliphatic carbocycles. The van der Waals surface area contributed by atoms with Gasteiger partial charge in [-0.15, -0.1) is 0 Å². The molecule has 0 radical (unpaired) electrons. The van der Waals surface area contributed by atoms with Crippen LogP contribution in [0.4, 0.5) is 0 Å². The van der Waals surface area contributed by atoms with Crippen LogP contribution in [0.2, 0.25) is 0 Å². The molecule has 38 heavy (non-hydrogen) atoms. The van der Waals surface area contributed by atoms with Gasteiger partial charge in [-0.2, -0.15) is 0 Å². The van der Waals surface area contributed by atoms with Crippen molar-refractivity contribution in [3.05, 3.63) is 95.1 Å². The summed E-state index contributed by atoms with van der Waals surface area (Å²) in [6, 6.07) is 25.3. The lowest BCUT2D eigenvalue weighted by molar-refractivity contribution is -0.276. The molecular formula is C32H40N2O4. The first-order chi connectivity index (χ1) is 18.6. The molecule has 0 aromatic heterocycles. The van der Waals surface area contributed by atoms with E-state index in [1.165, 1.54) is 6.42 Å². The molecule has 3 N–H and O–H groups in total. The highest BCUT2D eigenvalue weighted by molar-refractivity contribution is 5.67. The van der Waals surface area contributed by atoms with Crippen LogP contribution in [0.1, 0.15) is 54.4 Å². The summed E-state index contributed by atoms with van der Waals surface area (Å²) in [6.07, 6.45) is 1.76. The first-order valence-corrected chi connectivity index (χ1v) is 13.7. The molecule has 6 nitrogen and oxygen atoms in total. The number of rotatable bonds is 9. The zero-order chi connectivity index (χ0) is 26.5. The average molecular weight is 517 g/mol. The predicted molar refractivity (Wildman–Crippen MR) is 149 cm³/mol. The molecule has 3 aromatic carbocycles. The van der Waals surface area contributed by atoms with E-state index in [-0.39, 0.29) is 24.7 Å². The van der Waals surface area contributed by atoms with Crippen molar-refractivity contribution in [3.8, 4) is 11.1 Å². The molecular weight excluding hydrogens is 476 g/mol. The highest BCUT2D eigenvalue weighted by Gasteiger charge is 2.40. The minimum Gasteiger partial charge on any atom is -0.392 e. The molecule has 3 aromatic rings. The van der Waals surface area contributed by atoms with E-state index in [0.29, 0.717) is 12.6 Å². The summed E-state index contributed by atoms with van der Waals surface area (Å²) >= 11 is 0. The van der Waals surface area contributed by atoms with E-state index in [2.05, 4.69) is 60.4 Å². The Balaban J connectivity index is 1.41. The number of ether oxygens (including phenoxy) is 3. The normalized spacial score (nSPS) is 26.1. The SMILES string of the molecule is COC[C@@H]1CCCN1C[C@@H]1O[C@H](c2ccc(-c3ccccc3CN)cc2)O[C@H](c2ccc(CO)cc2)[C@@H]1C. The van der Waals surface area contributed by atoms with Crippen LogP contribution >= 0.6 is 0 Å². The largest absolute Gasteiger partial charge is 0.392 e. The molecule has 0 unspecified atom stereocenters. The van der Waals surface area contributed by atoms with Crippen molar-refractivity contribution >= 4 is 0 Å². The molecule has 5 atom stereocenters. The van der Waals surface area contributed by atoms with Crippen molar-refractivity contribution < 1.29 is 19.3 Å². The molecule has 0 spiro atoms. The van der Waals surface area contributed by atoms with Gasteiger partial charge >= 0.3 is 0 Å². The summed E-state index contributed by atoms with van der Waals surface area (Å²) in [7, 11) is 1.78. The van der Waals surface area contributed by atoms with Gasteiger partial charge in [0.25, 0.3) is 0 Å². The Morgan fingerprint density at radius 2 is 1.71 bits per heavy atom. The fourth-order valence-electron chi connectivity index (χ4n) is 5.88. The van der Waals surface area contributed by atoms with Gasteiger partial charge in [-0.1, -0.05) is 79.7 Å². The summed E-state index contributed by atoms with van der Waals surface area (Å²) < 4.78 is 18.9. The second-order valence-electron chi connectivity index (χ2n) is 10.6. The molecule has 0 saturated carbocycles. The van der Waals surface area contributed by atoms with Gasteiger partial charge in [0.15, 0.2) is 6.29 Å². The maximum atomic E-state index is 9.52. The molecule has 2 heterocycles. The third-order valence-electron chi connectivity index (χ3n) is 8.13. The van der Waals surface area contributed by atoms with Gasteiger partial charge < -0.3 is 25.1 Å². The maximum Gasteiger partial charge on any atom is 0.184 e. The molecule has 0 amide bonds. The van der Waals surface area contributed by atoms with Crippen LogP contribution in [0.3, 0.4) is 0 Å². The Labute approximate surface area is 226 Å². The zero-order valence-electron chi connectivity index (χ0n) is 22.5. The van der Waals surface area contributed by atoms with Gasteiger partial charge in [-0.25, -0.2) is 0 Å². The molecule has 5 rings (SSSR count). The molecule has 0 bridgehead atoms. The monoisotopic (exact) mass is 516 g/mol. The fourth-order valence-corrected chi connectivity index (χ4v) is 5.88. The summed E-state index contributed by atoms with van der Waals surface area (Å²) in [5.74, 6) is 0.158. The number of hydrogen-bond donors (Lipinski definition) is 2. The maximum absolute atomic E-state index is 9.52. The lowest BCUT2D eigenvalue weighted by atomic mass is 9.89. The number of methoxy groups -OCH3 is 1. The van der Waals surface area contributed by atoms with Crippen LogP contribution < -0.4 is 5.73 Å². The first kappa shape index (κ1) is 27.0. The van der Waals surface area contributed by atoms with Gasteiger partial charge in [-0.05, 0) is 47.2 Å². The zero-order valence-corrected chi connectivity index (χ0v) is 22.5. The highest BCUT2D eigenvalue weighted by Crippen LogP contribution is 2.42. The van der Waals surface area contributed by atoms with E-state index in [9.17, 15) is 5.11 Å². The van der Waals surface area contributed by atoms with Crippen LogP contribution in [0.5, 0.6) is 0 Å². The van der Waals surface area contributed by atoms with Gasteiger partial charge in [0, 0.05) is 37.7 Å². The predicted octanol–water partition coefficient (Wildman–Crippen LogP) is 5.21. The minimum absolute atomic E-state index is 0.00590. The average Bonchev–Trinajstić information content (AvgIpc) is 3.41. The minimum atomic E-state index is -0.471. The van der Waals surface area contributed by atoms with E-state index < -0.39 is 6.29 Å². The van der Waals surface area contributed by atoms with Crippen molar-refractivity contribution in [2.45, 2.75) is 57.5 Å². The van der Waals surface area contributed by atoms with Crippen LogP contribution in [-0.4, -0.2) is 49.0 Å². The van der Waals surface area contributed by atoms with Gasteiger partial charge in [0.05, 0.1) is 25.4 Å². The highest BCUT2D eigenvalue weighted by atomic mass is 16.7. The third-order valence-corrected chi connectivity index (χ3v) is 8.13. The number of nitrogens with zero attached hydrogens (tertiary/aromatic N) is 1. The molecule has 2 aliphatic rings. The number of nitrogens with two attached hydrogens (primary N) is 1. The van der Waals surface area contributed by atoms with Gasteiger partial charge in [0.2, 0.25) is 0 Å². The lowest BCUT2D eigenvalue weighted by Gasteiger charge is -2.43. The van der Waals surface area contributed by atoms with Crippen molar-refractivity contribution in [2.24, 2.45) is 11.7 Å². The van der Waals surface area contributed by atoms with Crippen LogP contribution in [-0.2, 0) is 27.4 Å². The Kier molecular flexibility index (Phi) is 8.89. The van der Waals surface area contributed by atoms with E-state index in [0.717, 1.165) is 59.5 Å². The second-order valence-corrected chi connectivity index (χ2v) is 10.6. The number of aliphatic hydroxyl groups is 1. The Bertz CT molecular complexity index is 1170. The number of hydrogen-bond acceptors (Lipinski definition) is 6. The molecule has 2 saturated heterocycles.